The van der Waals surface area contributed by atoms with Crippen LogP contribution < -0.4 is 5.73 Å². The number of nitrogens with zero attached hydrogens (tertiary/aromatic N) is 2. The van der Waals surface area contributed by atoms with Crippen LogP contribution in [0.25, 0.3) is 17.3 Å². The standard InChI is InChI=1S/C16H17N3O/c1-2-12-14(16(17)20)13-7-3-4-9-19(13)15(12)11-6-5-8-18-10-11/h2,5-6,8,10H,1,3-4,7,9H2,(H2,17,20). The van der Waals surface area contributed by atoms with Crippen LogP contribution in [-0.4, -0.2) is 15.5 Å². The molecule has 0 saturated carbocycles. The Labute approximate surface area is 117 Å². The van der Waals surface area contributed by atoms with Gasteiger partial charge in [-0.3, -0.25) is 9.78 Å². The Bertz CT molecular complexity index is 671. The van der Waals surface area contributed by atoms with Gasteiger partial charge in [0.2, 0.25) is 0 Å². The van der Waals surface area contributed by atoms with Crippen molar-refractivity contribution < 1.29 is 4.79 Å². The molecule has 102 valence electrons. The Hall–Kier alpha value is -2.36. The molecule has 1 aliphatic rings. The van der Waals surface area contributed by atoms with E-state index in [4.69, 9.17) is 5.73 Å². The van der Waals surface area contributed by atoms with Gasteiger partial charge in [-0.1, -0.05) is 12.7 Å². The summed E-state index contributed by atoms with van der Waals surface area (Å²) >= 11 is 0. The second kappa shape index (κ2) is 4.96. The first-order valence-electron chi connectivity index (χ1n) is 6.82. The van der Waals surface area contributed by atoms with Crippen molar-refractivity contribution in [1.82, 2.24) is 9.55 Å². The highest BCUT2D eigenvalue weighted by atomic mass is 16.1. The van der Waals surface area contributed by atoms with Crippen molar-refractivity contribution in [2.75, 3.05) is 0 Å². The van der Waals surface area contributed by atoms with Crippen LogP contribution in [0.4, 0.5) is 0 Å². The van der Waals surface area contributed by atoms with Gasteiger partial charge in [-0.05, 0) is 31.4 Å². The number of aromatic nitrogens is 2. The number of hydrogen-bond acceptors (Lipinski definition) is 2. The maximum Gasteiger partial charge on any atom is 0.251 e. The summed E-state index contributed by atoms with van der Waals surface area (Å²) in [6, 6.07) is 3.90. The molecule has 2 aromatic heterocycles. The molecular weight excluding hydrogens is 250 g/mol. The summed E-state index contributed by atoms with van der Waals surface area (Å²) in [7, 11) is 0. The first kappa shape index (κ1) is 12.7. The summed E-state index contributed by atoms with van der Waals surface area (Å²) in [6.45, 7) is 4.77. The van der Waals surface area contributed by atoms with Gasteiger partial charge in [0.05, 0.1) is 11.3 Å². The second-order valence-electron chi connectivity index (χ2n) is 5.00. The van der Waals surface area contributed by atoms with Gasteiger partial charge in [0.1, 0.15) is 0 Å². The third-order valence-corrected chi connectivity index (χ3v) is 3.84. The molecule has 4 nitrogen and oxygen atoms in total. The van der Waals surface area contributed by atoms with Gasteiger partial charge in [-0.25, -0.2) is 0 Å². The lowest BCUT2D eigenvalue weighted by atomic mass is 10.0. The summed E-state index contributed by atoms with van der Waals surface area (Å²) in [4.78, 5) is 16.0. The van der Waals surface area contributed by atoms with E-state index in [1.807, 2.05) is 18.3 Å². The van der Waals surface area contributed by atoms with Crippen LogP contribution in [0.1, 0.15) is 34.5 Å². The fourth-order valence-electron chi connectivity index (χ4n) is 3.05. The van der Waals surface area contributed by atoms with E-state index in [0.717, 1.165) is 48.3 Å². The lowest BCUT2D eigenvalue weighted by Gasteiger charge is -2.18. The van der Waals surface area contributed by atoms with Crippen LogP contribution in [0.5, 0.6) is 0 Å². The fourth-order valence-corrected chi connectivity index (χ4v) is 3.05. The first-order chi connectivity index (χ1) is 9.74. The highest BCUT2D eigenvalue weighted by molar-refractivity contribution is 6.01. The van der Waals surface area contributed by atoms with Gasteiger partial charge in [0.25, 0.3) is 5.91 Å². The van der Waals surface area contributed by atoms with Gasteiger partial charge in [-0.2, -0.15) is 0 Å². The Morgan fingerprint density at radius 1 is 1.45 bits per heavy atom. The lowest BCUT2D eigenvalue weighted by molar-refractivity contribution is 0.0999. The van der Waals surface area contributed by atoms with Crippen molar-refractivity contribution in [3.05, 3.63) is 47.9 Å². The minimum atomic E-state index is -0.374. The first-order valence-corrected chi connectivity index (χ1v) is 6.82. The molecule has 0 aromatic carbocycles. The molecule has 0 radical (unpaired) electrons. The zero-order valence-corrected chi connectivity index (χ0v) is 11.3. The quantitative estimate of drug-likeness (QED) is 0.929. The second-order valence-corrected chi connectivity index (χ2v) is 5.00. The smallest absolute Gasteiger partial charge is 0.251 e. The van der Waals surface area contributed by atoms with Crippen LogP contribution in [0.3, 0.4) is 0 Å². The Morgan fingerprint density at radius 2 is 2.30 bits per heavy atom. The highest BCUT2D eigenvalue weighted by Gasteiger charge is 2.26. The molecule has 3 heterocycles. The normalized spacial score (nSPS) is 13.8. The van der Waals surface area contributed by atoms with Gasteiger partial charge in [-0.15, -0.1) is 0 Å². The molecule has 20 heavy (non-hydrogen) atoms. The van der Waals surface area contributed by atoms with Crippen molar-refractivity contribution in [3.8, 4) is 11.3 Å². The largest absolute Gasteiger partial charge is 0.366 e. The van der Waals surface area contributed by atoms with Gasteiger partial charge >= 0.3 is 0 Å². The molecule has 0 atom stereocenters. The van der Waals surface area contributed by atoms with Gasteiger partial charge in [0, 0.05) is 35.8 Å². The van der Waals surface area contributed by atoms with Crippen molar-refractivity contribution >= 4 is 12.0 Å². The number of nitrogens with two attached hydrogens (primary N) is 1. The molecule has 4 heteroatoms. The third-order valence-electron chi connectivity index (χ3n) is 3.84. The zero-order chi connectivity index (χ0) is 14.1. The van der Waals surface area contributed by atoms with E-state index in [2.05, 4.69) is 16.1 Å². The topological polar surface area (TPSA) is 60.9 Å². The van der Waals surface area contributed by atoms with E-state index in [9.17, 15) is 4.79 Å². The van der Waals surface area contributed by atoms with E-state index in [-0.39, 0.29) is 5.91 Å². The van der Waals surface area contributed by atoms with Crippen molar-refractivity contribution in [3.63, 3.8) is 0 Å². The van der Waals surface area contributed by atoms with E-state index >= 15 is 0 Å². The monoisotopic (exact) mass is 267 g/mol. The molecule has 0 bridgehead atoms. The van der Waals surface area contributed by atoms with E-state index in [1.54, 1.807) is 12.3 Å². The van der Waals surface area contributed by atoms with Crippen LogP contribution in [0.15, 0.2) is 31.1 Å². The molecular formula is C16H17N3O. The number of pyridine rings is 1. The summed E-state index contributed by atoms with van der Waals surface area (Å²) in [6.07, 6.45) is 8.38. The van der Waals surface area contributed by atoms with Gasteiger partial charge < -0.3 is 10.3 Å². The number of amides is 1. The summed E-state index contributed by atoms with van der Waals surface area (Å²) in [5.41, 5.74) is 10.1. The predicted molar refractivity (Wildman–Crippen MR) is 79.2 cm³/mol. The zero-order valence-electron chi connectivity index (χ0n) is 11.3. The van der Waals surface area contributed by atoms with E-state index in [1.165, 1.54) is 0 Å². The fraction of sp³-hybridized carbons (Fsp3) is 0.250. The molecule has 0 aliphatic carbocycles. The summed E-state index contributed by atoms with van der Waals surface area (Å²) in [5, 5.41) is 0. The summed E-state index contributed by atoms with van der Waals surface area (Å²) < 4.78 is 2.21. The van der Waals surface area contributed by atoms with E-state index in [0.29, 0.717) is 5.56 Å². The Balaban J connectivity index is 2.33. The van der Waals surface area contributed by atoms with E-state index < -0.39 is 0 Å². The average molecular weight is 267 g/mol. The highest BCUT2D eigenvalue weighted by Crippen LogP contribution is 2.35. The minimum Gasteiger partial charge on any atom is -0.366 e. The third kappa shape index (κ3) is 1.84. The number of carbonyl (C=O) groups excluding carboxylic acids is 1. The molecule has 0 spiro atoms. The average Bonchev–Trinajstić information content (AvgIpc) is 2.82. The SMILES string of the molecule is C=Cc1c(C(N)=O)c2n(c1-c1cccnc1)CCCC2. The summed E-state index contributed by atoms with van der Waals surface area (Å²) in [5.74, 6) is -0.374. The van der Waals surface area contributed by atoms with Crippen molar-refractivity contribution in [2.24, 2.45) is 5.73 Å². The molecule has 2 N–H and O–H groups in total. The number of primary amides is 1. The molecule has 2 aromatic rings. The van der Waals surface area contributed by atoms with Crippen LogP contribution >= 0.6 is 0 Å². The Morgan fingerprint density at radius 3 is 2.95 bits per heavy atom. The van der Waals surface area contributed by atoms with Crippen LogP contribution in [0.2, 0.25) is 0 Å². The number of carbonyl (C=O) groups is 1. The Kier molecular flexibility index (Phi) is 3.14. The predicted octanol–water partition coefficient (Wildman–Crippen LogP) is 2.63. The molecule has 3 rings (SSSR count). The molecule has 0 fully saturated rings. The molecule has 0 unspecified atom stereocenters. The maximum atomic E-state index is 11.8. The molecule has 0 saturated heterocycles. The number of fused-ring (bicyclic) bond motifs is 1. The van der Waals surface area contributed by atoms with Crippen molar-refractivity contribution in [1.29, 1.82) is 0 Å². The molecule has 1 aliphatic heterocycles. The van der Waals surface area contributed by atoms with Crippen LogP contribution in [-0.2, 0) is 13.0 Å². The lowest BCUT2D eigenvalue weighted by Crippen LogP contribution is -2.17. The number of hydrogen-bond donors (Lipinski definition) is 1. The maximum absolute atomic E-state index is 11.8. The minimum absolute atomic E-state index is 0.374. The van der Waals surface area contributed by atoms with Crippen LogP contribution in [0, 0.1) is 0 Å². The molecule has 1 amide bonds. The van der Waals surface area contributed by atoms with Gasteiger partial charge in [0.15, 0.2) is 0 Å². The number of rotatable bonds is 3. The van der Waals surface area contributed by atoms with Crippen molar-refractivity contribution in [2.45, 2.75) is 25.8 Å².